The topological polar surface area (TPSA) is 24.9 Å². The molecule has 0 aliphatic heterocycles. The fourth-order valence-electron chi connectivity index (χ4n) is 4.86. The van der Waals surface area contributed by atoms with Crippen molar-refractivity contribution in [2.75, 3.05) is 6.54 Å². The molecule has 6 rings (SSSR count). The second-order valence-electron chi connectivity index (χ2n) is 7.27. The molecule has 2 heteroatoms. The molecule has 1 N–H and O–H groups in total. The van der Waals surface area contributed by atoms with E-state index in [4.69, 9.17) is 0 Å². The number of aromatic nitrogens is 1. The molecule has 2 bridgehead atoms. The molecule has 3 aliphatic carbocycles. The van der Waals surface area contributed by atoms with Gasteiger partial charge in [-0.25, -0.2) is 0 Å². The molecule has 124 valence electrons. The molecule has 3 aliphatic rings. The van der Waals surface area contributed by atoms with Crippen LogP contribution in [0.4, 0.5) is 0 Å². The van der Waals surface area contributed by atoms with Gasteiger partial charge in [-0.3, -0.25) is 4.98 Å². The zero-order chi connectivity index (χ0) is 16.6. The monoisotopic (exact) mass is 326 g/mol. The Bertz CT molecular complexity index is 840. The molecule has 25 heavy (non-hydrogen) atoms. The van der Waals surface area contributed by atoms with E-state index >= 15 is 0 Å². The van der Waals surface area contributed by atoms with Crippen molar-refractivity contribution < 1.29 is 0 Å². The van der Waals surface area contributed by atoms with Crippen LogP contribution in [0.3, 0.4) is 0 Å². The second-order valence-corrected chi connectivity index (χ2v) is 7.27. The van der Waals surface area contributed by atoms with E-state index in [-0.39, 0.29) is 0 Å². The molecule has 2 aromatic carbocycles. The molecule has 0 spiro atoms. The number of fused-ring (bicyclic) bond motifs is 1. The molecule has 1 heterocycles. The minimum Gasteiger partial charge on any atom is -0.312 e. The number of nitrogens with zero attached hydrogens (tertiary/aromatic N) is 1. The van der Waals surface area contributed by atoms with Gasteiger partial charge in [-0.15, -0.1) is 0 Å². The molecule has 0 saturated heterocycles. The Morgan fingerprint density at radius 3 is 2.04 bits per heavy atom. The van der Waals surface area contributed by atoms with E-state index in [1.807, 2.05) is 12.4 Å². The van der Waals surface area contributed by atoms with E-state index in [2.05, 4.69) is 71.0 Å². The summed E-state index contributed by atoms with van der Waals surface area (Å²) in [6, 6.07) is 22.3. The molecule has 0 saturated carbocycles. The Balaban J connectivity index is 1.42. The van der Waals surface area contributed by atoms with E-state index in [0.29, 0.717) is 17.8 Å². The first-order chi connectivity index (χ1) is 12.4. The summed E-state index contributed by atoms with van der Waals surface area (Å²) in [5, 5.41) is 3.69. The van der Waals surface area contributed by atoms with Crippen molar-refractivity contribution >= 4 is 0 Å². The third kappa shape index (κ3) is 2.49. The van der Waals surface area contributed by atoms with E-state index < -0.39 is 0 Å². The lowest BCUT2D eigenvalue weighted by Gasteiger charge is -2.45. The van der Waals surface area contributed by atoms with Gasteiger partial charge in [-0.1, -0.05) is 48.5 Å². The smallest absolute Gasteiger partial charge is 0.0271 e. The van der Waals surface area contributed by atoms with Crippen molar-refractivity contribution in [2.24, 2.45) is 5.92 Å². The van der Waals surface area contributed by atoms with Crippen LogP contribution >= 0.6 is 0 Å². The largest absolute Gasteiger partial charge is 0.312 e. The van der Waals surface area contributed by atoms with Crippen LogP contribution in [0.25, 0.3) is 0 Å². The van der Waals surface area contributed by atoms with Gasteiger partial charge in [0, 0.05) is 30.8 Å². The van der Waals surface area contributed by atoms with Crippen LogP contribution < -0.4 is 5.32 Å². The highest BCUT2D eigenvalue weighted by Gasteiger charge is 2.42. The van der Waals surface area contributed by atoms with Gasteiger partial charge in [0.25, 0.3) is 0 Å². The molecule has 1 unspecified atom stereocenters. The maximum absolute atomic E-state index is 4.10. The van der Waals surface area contributed by atoms with Gasteiger partial charge in [-0.05, 0) is 58.8 Å². The molecule has 2 nitrogen and oxygen atoms in total. The van der Waals surface area contributed by atoms with Gasteiger partial charge < -0.3 is 5.32 Å². The van der Waals surface area contributed by atoms with E-state index in [9.17, 15) is 0 Å². The van der Waals surface area contributed by atoms with Crippen LogP contribution in [-0.2, 0) is 6.54 Å². The Hall–Kier alpha value is -2.45. The number of hydrogen-bond donors (Lipinski definition) is 1. The third-order valence-corrected chi connectivity index (χ3v) is 5.91. The Morgan fingerprint density at radius 2 is 1.40 bits per heavy atom. The minimum absolute atomic E-state index is 0.530. The standard InChI is InChI=1S/C23H22N2/c1-3-7-20-18(5-1)22-13-17(15-25-14-16-9-11-24-12-10-16)23(20)21-8-4-2-6-19(21)22/h1-12,17,22-23,25H,13-15H2. The van der Waals surface area contributed by atoms with Crippen molar-refractivity contribution in [1.29, 1.82) is 0 Å². The van der Waals surface area contributed by atoms with Crippen molar-refractivity contribution in [3.8, 4) is 0 Å². The van der Waals surface area contributed by atoms with Crippen molar-refractivity contribution in [3.63, 3.8) is 0 Å². The Kier molecular flexibility index (Phi) is 3.64. The number of rotatable bonds is 4. The normalized spacial score (nSPS) is 23.1. The summed E-state index contributed by atoms with van der Waals surface area (Å²) in [7, 11) is 0. The van der Waals surface area contributed by atoms with Crippen molar-refractivity contribution in [1.82, 2.24) is 10.3 Å². The average molecular weight is 326 g/mol. The molecule has 0 fully saturated rings. The summed E-state index contributed by atoms with van der Waals surface area (Å²) in [6.07, 6.45) is 4.99. The fraction of sp³-hybridized carbons (Fsp3) is 0.261. The lowest BCUT2D eigenvalue weighted by Crippen LogP contribution is -2.37. The highest BCUT2D eigenvalue weighted by atomic mass is 14.9. The summed E-state index contributed by atoms with van der Waals surface area (Å²) < 4.78 is 0. The number of benzene rings is 2. The van der Waals surface area contributed by atoms with E-state index in [1.54, 1.807) is 22.3 Å². The van der Waals surface area contributed by atoms with Crippen LogP contribution in [0.15, 0.2) is 73.1 Å². The van der Waals surface area contributed by atoms with E-state index in [0.717, 1.165) is 13.1 Å². The molecular weight excluding hydrogens is 304 g/mol. The van der Waals surface area contributed by atoms with Crippen LogP contribution in [0.2, 0.25) is 0 Å². The fourth-order valence-corrected chi connectivity index (χ4v) is 4.86. The van der Waals surface area contributed by atoms with Gasteiger partial charge in [0.05, 0.1) is 0 Å². The van der Waals surface area contributed by atoms with Crippen LogP contribution in [0, 0.1) is 5.92 Å². The van der Waals surface area contributed by atoms with Gasteiger partial charge in [0.2, 0.25) is 0 Å². The summed E-state index contributed by atoms with van der Waals surface area (Å²) in [6.45, 7) is 1.98. The molecule has 3 aromatic rings. The van der Waals surface area contributed by atoms with Crippen LogP contribution in [0.5, 0.6) is 0 Å². The molecule has 0 radical (unpaired) electrons. The summed E-state index contributed by atoms with van der Waals surface area (Å²) >= 11 is 0. The Morgan fingerprint density at radius 1 is 0.800 bits per heavy atom. The van der Waals surface area contributed by atoms with Gasteiger partial charge in [0.15, 0.2) is 0 Å². The summed E-state index contributed by atoms with van der Waals surface area (Å²) in [5.74, 6) is 1.75. The van der Waals surface area contributed by atoms with Gasteiger partial charge in [0.1, 0.15) is 0 Å². The average Bonchev–Trinajstić information content (AvgIpc) is 2.69. The predicted octanol–water partition coefficient (Wildman–Crippen LogP) is 4.47. The van der Waals surface area contributed by atoms with Gasteiger partial charge >= 0.3 is 0 Å². The quantitative estimate of drug-likeness (QED) is 0.765. The SMILES string of the molecule is c1ccc2c(c1)C1CC(CNCc3ccncc3)C2c2ccccc21. The third-order valence-electron chi connectivity index (χ3n) is 5.91. The number of nitrogens with one attached hydrogen (secondary N) is 1. The Labute approximate surface area is 148 Å². The first-order valence-corrected chi connectivity index (χ1v) is 9.19. The second kappa shape index (κ2) is 6.12. The molecule has 0 amide bonds. The van der Waals surface area contributed by atoms with Crippen LogP contribution in [0.1, 0.15) is 46.1 Å². The summed E-state index contributed by atoms with van der Waals surface area (Å²) in [4.78, 5) is 4.10. The molecular formula is C23H22N2. The predicted molar refractivity (Wildman–Crippen MR) is 101 cm³/mol. The number of pyridine rings is 1. The first-order valence-electron chi connectivity index (χ1n) is 9.19. The van der Waals surface area contributed by atoms with Crippen molar-refractivity contribution in [2.45, 2.75) is 24.8 Å². The summed E-state index contributed by atoms with van der Waals surface area (Å²) in [5.41, 5.74) is 7.51. The molecule has 1 atom stereocenters. The number of hydrogen-bond acceptors (Lipinski definition) is 2. The van der Waals surface area contributed by atoms with Gasteiger partial charge in [-0.2, -0.15) is 0 Å². The lowest BCUT2D eigenvalue weighted by molar-refractivity contribution is 0.339. The maximum Gasteiger partial charge on any atom is 0.0271 e. The zero-order valence-corrected chi connectivity index (χ0v) is 14.2. The van der Waals surface area contributed by atoms with E-state index in [1.165, 1.54) is 12.0 Å². The highest BCUT2D eigenvalue weighted by Crippen LogP contribution is 2.55. The lowest BCUT2D eigenvalue weighted by atomic mass is 9.59. The van der Waals surface area contributed by atoms with Crippen LogP contribution in [-0.4, -0.2) is 11.5 Å². The highest BCUT2D eigenvalue weighted by molar-refractivity contribution is 5.55. The van der Waals surface area contributed by atoms with Crippen molar-refractivity contribution in [3.05, 3.63) is 101 Å². The first kappa shape index (κ1) is 14.9. The molecule has 1 aromatic heterocycles. The zero-order valence-electron chi connectivity index (χ0n) is 14.2. The minimum atomic E-state index is 0.530. The maximum atomic E-state index is 4.10.